The number of nitrogens with zero attached hydrogens (tertiary/aromatic N) is 1. The Kier molecular flexibility index (Phi) is 4.15. The highest BCUT2D eigenvalue weighted by atomic mass is 16.5. The molecule has 0 unspecified atom stereocenters. The number of rotatable bonds is 2. The summed E-state index contributed by atoms with van der Waals surface area (Å²) in [7, 11) is 1.34. The van der Waals surface area contributed by atoms with E-state index in [4.69, 9.17) is 9.47 Å². The van der Waals surface area contributed by atoms with Gasteiger partial charge >= 0.3 is 5.97 Å². The van der Waals surface area contributed by atoms with Crippen molar-refractivity contribution in [2.75, 3.05) is 13.7 Å². The van der Waals surface area contributed by atoms with Gasteiger partial charge in [0.15, 0.2) is 5.72 Å². The summed E-state index contributed by atoms with van der Waals surface area (Å²) in [4.78, 5) is 39.6. The van der Waals surface area contributed by atoms with Crippen molar-refractivity contribution in [2.45, 2.75) is 37.5 Å². The molecule has 152 valence electrons. The fourth-order valence-corrected chi connectivity index (χ4v) is 5.55. The van der Waals surface area contributed by atoms with Gasteiger partial charge in [-0.1, -0.05) is 24.3 Å². The zero-order chi connectivity index (χ0) is 20.2. The van der Waals surface area contributed by atoms with Gasteiger partial charge in [-0.3, -0.25) is 9.59 Å². The summed E-state index contributed by atoms with van der Waals surface area (Å²) in [5.41, 5.74) is -0.188. The van der Waals surface area contributed by atoms with E-state index in [0.29, 0.717) is 30.7 Å². The van der Waals surface area contributed by atoms with Crippen LogP contribution in [0.4, 0.5) is 0 Å². The number of amides is 2. The minimum atomic E-state index is -0.740. The summed E-state index contributed by atoms with van der Waals surface area (Å²) < 4.78 is 11.2. The van der Waals surface area contributed by atoms with Crippen LogP contribution in [0.15, 0.2) is 36.4 Å². The molecule has 5 aliphatic rings. The van der Waals surface area contributed by atoms with Crippen LogP contribution >= 0.6 is 0 Å². The Bertz CT molecular complexity index is 912. The maximum atomic E-state index is 13.3. The number of nitrogens with one attached hydrogen (secondary N) is 1. The topological polar surface area (TPSA) is 84.9 Å². The molecule has 29 heavy (non-hydrogen) atoms. The van der Waals surface area contributed by atoms with Crippen LogP contribution in [0.25, 0.3) is 0 Å². The first-order valence-electron chi connectivity index (χ1n) is 10.2. The van der Waals surface area contributed by atoms with Crippen LogP contribution in [0.1, 0.15) is 36.0 Å². The molecule has 3 fully saturated rings. The number of hydrogen-bond acceptors (Lipinski definition) is 5. The van der Waals surface area contributed by atoms with E-state index < -0.39 is 17.7 Å². The second kappa shape index (κ2) is 6.61. The van der Waals surface area contributed by atoms with Gasteiger partial charge < -0.3 is 19.7 Å². The third-order valence-electron chi connectivity index (χ3n) is 6.97. The SMILES string of the molecule is COC(=O)[C@@H]1C=CCN1C(=O)[C@@H]1C[C@H]2CC[C@H]1C[C@]21NC(=O)c2ccccc2O1. The van der Waals surface area contributed by atoms with E-state index >= 15 is 0 Å². The Labute approximate surface area is 169 Å². The molecule has 6 rings (SSSR count). The van der Waals surface area contributed by atoms with Gasteiger partial charge in [0, 0.05) is 24.8 Å². The molecule has 2 aliphatic heterocycles. The minimum absolute atomic E-state index is 0.00233. The number of methoxy groups -OCH3 is 1. The van der Waals surface area contributed by atoms with Gasteiger partial charge in [0.05, 0.1) is 12.7 Å². The van der Waals surface area contributed by atoms with Crippen LogP contribution in [-0.2, 0) is 14.3 Å². The van der Waals surface area contributed by atoms with E-state index in [1.807, 2.05) is 24.3 Å². The first kappa shape index (κ1) is 18.2. The molecule has 1 N–H and O–H groups in total. The normalized spacial score (nSPS) is 34.5. The van der Waals surface area contributed by atoms with Crippen LogP contribution in [0.3, 0.4) is 0 Å². The molecular weight excluding hydrogens is 372 g/mol. The number of para-hydroxylation sites is 1. The highest BCUT2D eigenvalue weighted by Gasteiger charge is 2.57. The number of hydrogen-bond donors (Lipinski definition) is 1. The molecule has 0 radical (unpaired) electrons. The van der Waals surface area contributed by atoms with Crippen molar-refractivity contribution in [3.05, 3.63) is 42.0 Å². The maximum Gasteiger partial charge on any atom is 0.332 e. The average Bonchev–Trinajstić information content (AvgIpc) is 3.23. The van der Waals surface area contributed by atoms with Crippen molar-refractivity contribution in [1.82, 2.24) is 10.2 Å². The van der Waals surface area contributed by atoms with E-state index in [0.717, 1.165) is 12.8 Å². The maximum absolute atomic E-state index is 13.3. The predicted molar refractivity (Wildman–Crippen MR) is 103 cm³/mol. The van der Waals surface area contributed by atoms with Crippen LogP contribution in [0.2, 0.25) is 0 Å². The summed E-state index contributed by atoms with van der Waals surface area (Å²) >= 11 is 0. The summed E-state index contributed by atoms with van der Waals surface area (Å²) in [5, 5.41) is 3.11. The molecule has 1 aromatic rings. The number of esters is 1. The van der Waals surface area contributed by atoms with Gasteiger partial charge in [0.25, 0.3) is 5.91 Å². The number of ether oxygens (including phenoxy) is 2. The van der Waals surface area contributed by atoms with Crippen molar-refractivity contribution in [2.24, 2.45) is 17.8 Å². The first-order valence-corrected chi connectivity index (χ1v) is 10.2. The molecule has 1 aromatic carbocycles. The fourth-order valence-electron chi connectivity index (χ4n) is 5.55. The molecule has 2 bridgehead atoms. The summed E-state index contributed by atoms with van der Waals surface area (Å²) in [6.45, 7) is 0.429. The minimum Gasteiger partial charge on any atom is -0.467 e. The van der Waals surface area contributed by atoms with E-state index in [1.165, 1.54) is 7.11 Å². The van der Waals surface area contributed by atoms with Crippen molar-refractivity contribution in [3.8, 4) is 5.75 Å². The van der Waals surface area contributed by atoms with Gasteiger partial charge in [-0.05, 0) is 37.3 Å². The van der Waals surface area contributed by atoms with Gasteiger partial charge in [-0.25, -0.2) is 4.79 Å². The molecule has 1 spiro atoms. The molecule has 3 saturated carbocycles. The lowest BCUT2D eigenvalue weighted by Crippen LogP contribution is -2.67. The molecule has 5 atom stereocenters. The number of fused-ring (bicyclic) bond motifs is 3. The van der Waals surface area contributed by atoms with Crippen LogP contribution < -0.4 is 10.1 Å². The average molecular weight is 396 g/mol. The molecule has 7 heteroatoms. The summed E-state index contributed by atoms with van der Waals surface area (Å²) in [5.74, 6) is 0.0893. The third-order valence-corrected chi connectivity index (χ3v) is 6.97. The summed E-state index contributed by atoms with van der Waals surface area (Å²) in [6.07, 6.45) is 6.66. The van der Waals surface area contributed by atoms with Gasteiger partial charge in [-0.15, -0.1) is 0 Å². The second-order valence-electron chi connectivity index (χ2n) is 8.41. The van der Waals surface area contributed by atoms with Crippen LogP contribution in [0.5, 0.6) is 5.75 Å². The van der Waals surface area contributed by atoms with Crippen molar-refractivity contribution in [3.63, 3.8) is 0 Å². The van der Waals surface area contributed by atoms with E-state index in [9.17, 15) is 14.4 Å². The highest BCUT2D eigenvalue weighted by Crippen LogP contribution is 2.53. The lowest BCUT2D eigenvalue weighted by Gasteiger charge is -2.55. The van der Waals surface area contributed by atoms with Gasteiger partial charge in [0.1, 0.15) is 11.8 Å². The zero-order valence-electron chi connectivity index (χ0n) is 16.3. The number of carbonyl (C=O) groups excluding carboxylic acids is 3. The highest BCUT2D eigenvalue weighted by molar-refractivity contribution is 5.98. The van der Waals surface area contributed by atoms with E-state index in [2.05, 4.69) is 5.32 Å². The lowest BCUT2D eigenvalue weighted by atomic mass is 9.59. The Balaban J connectivity index is 1.37. The first-order chi connectivity index (χ1) is 14.0. The zero-order valence-corrected chi connectivity index (χ0v) is 16.3. The van der Waals surface area contributed by atoms with Gasteiger partial charge in [0.2, 0.25) is 5.91 Å². The molecule has 2 amide bonds. The Hall–Kier alpha value is -2.83. The number of benzene rings is 1. The predicted octanol–water partition coefficient (Wildman–Crippen LogP) is 1.88. The molecule has 7 nitrogen and oxygen atoms in total. The van der Waals surface area contributed by atoms with E-state index in [-0.39, 0.29) is 29.6 Å². The second-order valence-corrected chi connectivity index (χ2v) is 8.41. The summed E-state index contributed by atoms with van der Waals surface area (Å²) in [6, 6.07) is 6.64. The molecule has 0 saturated heterocycles. The molecule has 2 heterocycles. The largest absolute Gasteiger partial charge is 0.467 e. The standard InChI is InChI=1S/C22H24N2O5/c1-28-21(27)17-6-4-10-24(17)20(26)16-11-14-9-8-13(16)12-22(14)23-19(25)15-5-2-3-7-18(15)29-22/h2-7,13-14,16-17H,8-12H2,1H3,(H,23,25)/t13-,14+,16+,17-,22+/m0/s1. The molecule has 0 aromatic heterocycles. The monoisotopic (exact) mass is 396 g/mol. The Morgan fingerprint density at radius 1 is 1.28 bits per heavy atom. The van der Waals surface area contributed by atoms with Crippen molar-refractivity contribution >= 4 is 17.8 Å². The number of carbonyl (C=O) groups is 3. The quantitative estimate of drug-likeness (QED) is 0.610. The Morgan fingerprint density at radius 3 is 2.86 bits per heavy atom. The lowest BCUT2D eigenvalue weighted by molar-refractivity contribution is -0.161. The smallest absolute Gasteiger partial charge is 0.332 e. The van der Waals surface area contributed by atoms with Crippen LogP contribution in [0, 0.1) is 17.8 Å². The molecule has 3 aliphatic carbocycles. The van der Waals surface area contributed by atoms with Crippen molar-refractivity contribution < 1.29 is 23.9 Å². The van der Waals surface area contributed by atoms with Crippen LogP contribution in [-0.4, -0.2) is 48.1 Å². The molecular formula is C22H24N2O5. The Morgan fingerprint density at radius 2 is 2.10 bits per heavy atom. The van der Waals surface area contributed by atoms with Gasteiger partial charge in [-0.2, -0.15) is 0 Å². The third kappa shape index (κ3) is 2.74. The fraction of sp³-hybridized carbons (Fsp3) is 0.500. The van der Waals surface area contributed by atoms with E-state index in [1.54, 1.807) is 17.0 Å². The van der Waals surface area contributed by atoms with Crippen molar-refractivity contribution in [1.29, 1.82) is 0 Å².